The first-order valence-electron chi connectivity index (χ1n) is 6.89. The van der Waals surface area contributed by atoms with E-state index in [9.17, 15) is 9.18 Å². The fourth-order valence-corrected chi connectivity index (χ4v) is 4.12. The largest absolute Gasteiger partial charge is 0.351 e. The monoisotopic (exact) mass is 380 g/mol. The average molecular weight is 381 g/mol. The molecule has 0 aliphatic carbocycles. The van der Waals surface area contributed by atoms with Crippen LogP contribution in [-0.4, -0.2) is 17.0 Å². The lowest BCUT2D eigenvalue weighted by Crippen LogP contribution is -2.25. The van der Waals surface area contributed by atoms with E-state index >= 15 is 0 Å². The van der Waals surface area contributed by atoms with Crippen molar-refractivity contribution in [2.45, 2.75) is 13.5 Å². The summed E-state index contributed by atoms with van der Waals surface area (Å²) in [6.07, 6.45) is 0. The first-order chi connectivity index (χ1) is 10.6. The van der Waals surface area contributed by atoms with Gasteiger partial charge in [0.1, 0.15) is 11.5 Å². The number of rotatable bonds is 4. The van der Waals surface area contributed by atoms with Gasteiger partial charge in [-0.2, -0.15) is 0 Å². The van der Waals surface area contributed by atoms with Crippen molar-refractivity contribution in [1.29, 1.82) is 0 Å². The average Bonchev–Trinajstić information content (AvgIpc) is 3.03. The number of nitrogens with one attached hydrogen (secondary N) is 1. The molecule has 0 spiro atoms. The molecule has 3 aromatic rings. The molecule has 0 aliphatic rings. The number of hydrogen-bond acceptors (Lipinski definition) is 2. The summed E-state index contributed by atoms with van der Waals surface area (Å²) in [7, 11) is 0. The number of carbonyl (C=O) groups excluding carboxylic acids is 1. The van der Waals surface area contributed by atoms with E-state index in [2.05, 4.69) is 21.2 Å². The molecule has 3 nitrogen and oxygen atoms in total. The Morgan fingerprint density at radius 2 is 2.18 bits per heavy atom. The first kappa shape index (κ1) is 15.2. The van der Waals surface area contributed by atoms with Gasteiger partial charge in [0, 0.05) is 17.5 Å². The Hall–Kier alpha value is -1.66. The van der Waals surface area contributed by atoms with Crippen molar-refractivity contribution < 1.29 is 9.18 Å². The summed E-state index contributed by atoms with van der Waals surface area (Å²) >= 11 is 5.07. The maximum atomic E-state index is 14.0. The van der Waals surface area contributed by atoms with Crippen LogP contribution < -0.4 is 5.32 Å². The Balaban J connectivity index is 2.13. The molecule has 1 aromatic carbocycles. The Labute approximate surface area is 139 Å². The lowest BCUT2D eigenvalue weighted by molar-refractivity contribution is 0.0947. The summed E-state index contributed by atoms with van der Waals surface area (Å²) in [5.74, 6) is -0.410. The van der Waals surface area contributed by atoms with E-state index in [0.717, 1.165) is 14.7 Å². The number of carbonyl (C=O) groups is 1. The minimum atomic E-state index is -0.266. The van der Waals surface area contributed by atoms with Crippen LogP contribution in [-0.2, 0) is 6.54 Å². The van der Waals surface area contributed by atoms with Gasteiger partial charge in [-0.25, -0.2) is 4.39 Å². The highest BCUT2D eigenvalue weighted by Gasteiger charge is 2.19. The predicted octanol–water partition coefficient (Wildman–Crippen LogP) is 4.40. The number of benzene rings is 1. The number of nitrogens with zero attached hydrogens (tertiary/aromatic N) is 1. The Morgan fingerprint density at radius 3 is 2.91 bits per heavy atom. The van der Waals surface area contributed by atoms with E-state index in [4.69, 9.17) is 0 Å². The summed E-state index contributed by atoms with van der Waals surface area (Å²) in [5.41, 5.74) is 2.03. The fraction of sp³-hybridized carbons (Fsp3) is 0.188. The second kappa shape index (κ2) is 6.22. The van der Waals surface area contributed by atoms with Gasteiger partial charge < -0.3 is 9.88 Å². The standard InChI is InChI=1S/C16H14BrFN2OS/c1-2-19-16(21)13-7-14-15(11(17)9-22-14)20(13)8-10-5-3-4-6-12(10)18/h3-7,9H,2,8H2,1H3,(H,19,21). The Morgan fingerprint density at radius 1 is 1.41 bits per heavy atom. The van der Waals surface area contributed by atoms with Gasteiger partial charge in [-0.15, -0.1) is 11.3 Å². The molecule has 0 bridgehead atoms. The van der Waals surface area contributed by atoms with E-state index < -0.39 is 0 Å². The molecule has 0 aliphatic heterocycles. The predicted molar refractivity (Wildman–Crippen MR) is 91.0 cm³/mol. The van der Waals surface area contributed by atoms with Crippen LogP contribution in [0.5, 0.6) is 0 Å². The molecule has 0 saturated heterocycles. The molecular weight excluding hydrogens is 367 g/mol. The van der Waals surface area contributed by atoms with Crippen LogP contribution >= 0.6 is 27.3 Å². The second-order valence-corrected chi connectivity index (χ2v) is 6.63. The van der Waals surface area contributed by atoms with Crippen LogP contribution in [0.4, 0.5) is 4.39 Å². The fourth-order valence-electron chi connectivity index (χ4n) is 2.43. The maximum Gasteiger partial charge on any atom is 0.267 e. The minimum Gasteiger partial charge on any atom is -0.351 e. The molecule has 1 amide bonds. The van der Waals surface area contributed by atoms with Gasteiger partial charge in [-0.3, -0.25) is 4.79 Å². The van der Waals surface area contributed by atoms with Gasteiger partial charge >= 0.3 is 0 Å². The lowest BCUT2D eigenvalue weighted by Gasteiger charge is -2.11. The highest BCUT2D eigenvalue weighted by molar-refractivity contribution is 9.10. The van der Waals surface area contributed by atoms with Crippen molar-refractivity contribution in [1.82, 2.24) is 9.88 Å². The number of aromatic nitrogens is 1. The van der Waals surface area contributed by atoms with Gasteiger partial charge in [0.2, 0.25) is 0 Å². The topological polar surface area (TPSA) is 34.0 Å². The van der Waals surface area contributed by atoms with Gasteiger partial charge in [0.05, 0.1) is 21.2 Å². The molecular formula is C16H14BrFN2OS. The molecule has 1 N–H and O–H groups in total. The van der Waals surface area contributed by atoms with E-state index in [1.54, 1.807) is 29.5 Å². The van der Waals surface area contributed by atoms with Crippen LogP contribution in [0.1, 0.15) is 23.0 Å². The SMILES string of the molecule is CCNC(=O)c1cc2scc(Br)c2n1Cc1ccccc1F. The Kier molecular flexibility index (Phi) is 4.31. The summed E-state index contributed by atoms with van der Waals surface area (Å²) in [5, 5.41) is 4.78. The molecule has 114 valence electrons. The Bertz CT molecular complexity index is 840. The van der Waals surface area contributed by atoms with Crippen molar-refractivity contribution in [3.63, 3.8) is 0 Å². The summed E-state index contributed by atoms with van der Waals surface area (Å²) in [4.78, 5) is 12.3. The molecule has 2 aromatic heterocycles. The van der Waals surface area contributed by atoms with Crippen LogP contribution in [0.15, 0.2) is 40.2 Å². The van der Waals surface area contributed by atoms with Gasteiger partial charge in [0.15, 0.2) is 0 Å². The summed E-state index contributed by atoms with van der Waals surface area (Å²) in [6.45, 7) is 2.75. The molecule has 0 radical (unpaired) electrons. The maximum absolute atomic E-state index is 14.0. The molecule has 0 unspecified atom stereocenters. The number of hydrogen-bond donors (Lipinski definition) is 1. The third kappa shape index (κ3) is 2.68. The smallest absolute Gasteiger partial charge is 0.267 e. The van der Waals surface area contributed by atoms with Crippen molar-refractivity contribution in [2.24, 2.45) is 0 Å². The third-order valence-electron chi connectivity index (χ3n) is 3.43. The number of halogens is 2. The quantitative estimate of drug-likeness (QED) is 0.714. The van der Waals surface area contributed by atoms with Crippen molar-refractivity contribution in [3.05, 3.63) is 57.3 Å². The van der Waals surface area contributed by atoms with Gasteiger partial charge in [0.25, 0.3) is 5.91 Å². The van der Waals surface area contributed by atoms with Crippen molar-refractivity contribution >= 4 is 43.4 Å². The minimum absolute atomic E-state index is 0.144. The highest BCUT2D eigenvalue weighted by atomic mass is 79.9. The number of fused-ring (bicyclic) bond motifs is 1. The van der Waals surface area contributed by atoms with Crippen LogP contribution in [0, 0.1) is 5.82 Å². The molecule has 0 fully saturated rings. The molecule has 2 heterocycles. The van der Waals surface area contributed by atoms with Crippen LogP contribution in [0.3, 0.4) is 0 Å². The highest BCUT2D eigenvalue weighted by Crippen LogP contribution is 2.34. The van der Waals surface area contributed by atoms with E-state index in [-0.39, 0.29) is 11.7 Å². The van der Waals surface area contributed by atoms with Crippen molar-refractivity contribution in [3.8, 4) is 0 Å². The molecule has 22 heavy (non-hydrogen) atoms. The summed E-state index contributed by atoms with van der Waals surface area (Å²) < 4.78 is 17.7. The lowest BCUT2D eigenvalue weighted by atomic mass is 10.2. The van der Waals surface area contributed by atoms with Crippen LogP contribution in [0.25, 0.3) is 10.2 Å². The zero-order chi connectivity index (χ0) is 15.7. The molecule has 3 rings (SSSR count). The summed E-state index contributed by atoms with van der Waals surface area (Å²) in [6, 6.07) is 8.49. The zero-order valence-electron chi connectivity index (χ0n) is 11.9. The zero-order valence-corrected chi connectivity index (χ0v) is 14.3. The number of thiophene rings is 1. The number of amides is 1. The van der Waals surface area contributed by atoms with E-state index in [0.29, 0.717) is 24.3 Å². The van der Waals surface area contributed by atoms with Crippen LogP contribution in [0.2, 0.25) is 0 Å². The van der Waals surface area contributed by atoms with Gasteiger partial charge in [-0.1, -0.05) is 18.2 Å². The molecule has 0 saturated carbocycles. The van der Waals surface area contributed by atoms with Crippen molar-refractivity contribution in [2.75, 3.05) is 6.54 Å². The molecule has 0 atom stereocenters. The van der Waals surface area contributed by atoms with Gasteiger partial charge in [-0.05, 0) is 35.0 Å². The third-order valence-corrected chi connectivity index (χ3v) is 5.26. The normalized spacial score (nSPS) is 11.0. The van der Waals surface area contributed by atoms with E-state index in [1.807, 2.05) is 22.9 Å². The first-order valence-corrected chi connectivity index (χ1v) is 8.57. The second-order valence-electron chi connectivity index (χ2n) is 4.86. The van der Waals surface area contributed by atoms with E-state index in [1.165, 1.54) is 6.07 Å². The molecule has 6 heteroatoms.